The Kier molecular flexibility index (Phi) is 6.35. The molecule has 0 aliphatic heterocycles. The third kappa shape index (κ3) is 5.69. The molecule has 5 nitrogen and oxygen atoms in total. The topological polar surface area (TPSA) is 72.3 Å². The van der Waals surface area contributed by atoms with Crippen molar-refractivity contribution in [1.29, 1.82) is 0 Å². The highest BCUT2D eigenvalue weighted by atomic mass is 19.4. The Labute approximate surface area is 189 Å². The van der Waals surface area contributed by atoms with E-state index in [2.05, 4.69) is 9.97 Å². The van der Waals surface area contributed by atoms with Crippen molar-refractivity contribution in [3.8, 4) is 17.1 Å². The summed E-state index contributed by atoms with van der Waals surface area (Å²) in [6.45, 7) is 2.19. The number of hydrogen-bond donors (Lipinski definition) is 1. The number of carbonyl (C=O) groups is 1. The molecule has 0 spiro atoms. The molecule has 0 atom stereocenters. The maximum absolute atomic E-state index is 12.8. The molecule has 1 aromatic heterocycles. The van der Waals surface area contributed by atoms with E-state index in [1.54, 1.807) is 6.20 Å². The Morgan fingerprint density at radius 1 is 1.12 bits per heavy atom. The predicted octanol–water partition coefficient (Wildman–Crippen LogP) is 5.94. The zero-order valence-electron chi connectivity index (χ0n) is 18.0. The second-order valence-electron chi connectivity index (χ2n) is 8.22. The third-order valence-electron chi connectivity index (χ3n) is 5.65. The number of carboxylic acids is 1. The van der Waals surface area contributed by atoms with Crippen LogP contribution < -0.4 is 4.74 Å². The van der Waals surface area contributed by atoms with Gasteiger partial charge in [0, 0.05) is 29.7 Å². The van der Waals surface area contributed by atoms with Crippen molar-refractivity contribution in [3.05, 3.63) is 76.6 Å². The Morgan fingerprint density at radius 2 is 1.85 bits per heavy atom. The number of aromatic nitrogens is 2. The molecular weight excluding hydrogens is 433 g/mol. The molecule has 1 fully saturated rings. The monoisotopic (exact) mass is 456 g/mol. The highest BCUT2D eigenvalue weighted by Gasteiger charge is 2.31. The second kappa shape index (κ2) is 9.21. The number of halogens is 3. The summed E-state index contributed by atoms with van der Waals surface area (Å²) in [5.74, 6) is 0.537. The molecule has 1 N–H and O–H groups in total. The molecule has 3 aromatic rings. The van der Waals surface area contributed by atoms with Crippen molar-refractivity contribution in [2.45, 2.75) is 51.3 Å². The van der Waals surface area contributed by atoms with Gasteiger partial charge >= 0.3 is 12.1 Å². The summed E-state index contributed by atoms with van der Waals surface area (Å²) in [6.07, 6.45) is -0.142. The molecule has 0 bridgehead atoms. The van der Waals surface area contributed by atoms with Crippen LogP contribution in [0.3, 0.4) is 0 Å². The number of benzene rings is 2. The zero-order chi connectivity index (χ0) is 23.6. The van der Waals surface area contributed by atoms with Crippen LogP contribution in [0.15, 0.2) is 48.7 Å². The van der Waals surface area contributed by atoms with Crippen molar-refractivity contribution >= 4 is 5.97 Å². The van der Waals surface area contributed by atoms with Gasteiger partial charge in [0.25, 0.3) is 0 Å². The quantitative estimate of drug-likeness (QED) is 0.454. The molecule has 1 saturated carbocycles. The van der Waals surface area contributed by atoms with Gasteiger partial charge in [-0.25, -0.2) is 9.97 Å². The number of aliphatic carboxylic acids is 1. The predicted molar refractivity (Wildman–Crippen MR) is 116 cm³/mol. The fraction of sp³-hybridized carbons (Fsp3) is 0.320. The molecule has 2 aromatic carbocycles. The van der Waals surface area contributed by atoms with E-state index < -0.39 is 17.7 Å². The number of hydrogen-bond acceptors (Lipinski definition) is 4. The molecule has 172 valence electrons. The highest BCUT2D eigenvalue weighted by molar-refractivity contribution is 5.67. The van der Waals surface area contributed by atoms with Gasteiger partial charge in [0.15, 0.2) is 5.82 Å². The second-order valence-corrected chi connectivity index (χ2v) is 8.22. The fourth-order valence-corrected chi connectivity index (χ4v) is 3.63. The number of nitrogens with zero attached hydrogens (tertiary/aromatic N) is 2. The molecule has 8 heteroatoms. The van der Waals surface area contributed by atoms with Crippen LogP contribution in [0.2, 0.25) is 0 Å². The SMILES string of the molecule is Cc1cc(OCc2cnc(-c3ccc(C(F)(F)F)cc3)nc2C2CC2)ccc1CCC(=O)O. The molecule has 33 heavy (non-hydrogen) atoms. The van der Waals surface area contributed by atoms with E-state index in [0.717, 1.165) is 47.4 Å². The van der Waals surface area contributed by atoms with Crippen molar-refractivity contribution in [2.24, 2.45) is 0 Å². The van der Waals surface area contributed by atoms with Crippen molar-refractivity contribution in [2.75, 3.05) is 0 Å². The van der Waals surface area contributed by atoms with Crippen LogP contribution in [0.25, 0.3) is 11.4 Å². The van der Waals surface area contributed by atoms with Gasteiger partial charge in [0.2, 0.25) is 0 Å². The molecule has 0 saturated heterocycles. The van der Waals surface area contributed by atoms with Crippen LogP contribution in [0, 0.1) is 6.92 Å². The summed E-state index contributed by atoms with van der Waals surface area (Å²) in [6, 6.07) is 10.4. The summed E-state index contributed by atoms with van der Waals surface area (Å²) in [5.41, 5.74) is 3.47. The molecule has 1 heterocycles. The first kappa shape index (κ1) is 22.8. The minimum atomic E-state index is -4.38. The average Bonchev–Trinajstić information content (AvgIpc) is 3.62. The van der Waals surface area contributed by atoms with Gasteiger partial charge in [0.1, 0.15) is 12.4 Å². The van der Waals surface area contributed by atoms with E-state index in [0.29, 0.717) is 29.5 Å². The normalized spacial score (nSPS) is 13.7. The first-order valence-electron chi connectivity index (χ1n) is 10.7. The Balaban J connectivity index is 1.49. The summed E-state index contributed by atoms with van der Waals surface area (Å²) in [5, 5.41) is 8.86. The lowest BCUT2D eigenvalue weighted by Crippen LogP contribution is -2.06. The van der Waals surface area contributed by atoms with E-state index in [9.17, 15) is 18.0 Å². The number of alkyl halides is 3. The average molecular weight is 456 g/mol. The summed E-state index contributed by atoms with van der Waals surface area (Å²) >= 11 is 0. The van der Waals surface area contributed by atoms with Crippen LogP contribution in [-0.2, 0) is 24.0 Å². The number of ether oxygens (including phenoxy) is 1. The highest BCUT2D eigenvalue weighted by Crippen LogP contribution is 2.41. The van der Waals surface area contributed by atoms with Gasteiger partial charge in [0.05, 0.1) is 11.3 Å². The van der Waals surface area contributed by atoms with E-state index in [-0.39, 0.29) is 13.0 Å². The molecular formula is C25H23F3N2O3. The van der Waals surface area contributed by atoms with Gasteiger partial charge in [-0.3, -0.25) is 4.79 Å². The van der Waals surface area contributed by atoms with Crippen molar-refractivity contribution < 1.29 is 27.8 Å². The molecule has 4 rings (SSSR count). The van der Waals surface area contributed by atoms with E-state index in [1.165, 1.54) is 12.1 Å². The van der Waals surface area contributed by atoms with Gasteiger partial charge in [-0.2, -0.15) is 13.2 Å². The summed E-state index contributed by atoms with van der Waals surface area (Å²) in [7, 11) is 0. The molecule has 0 amide bonds. The molecule has 1 aliphatic rings. The van der Waals surface area contributed by atoms with Gasteiger partial charge in [-0.1, -0.05) is 18.2 Å². The Morgan fingerprint density at radius 3 is 2.45 bits per heavy atom. The first-order valence-corrected chi connectivity index (χ1v) is 10.7. The van der Waals surface area contributed by atoms with E-state index in [1.807, 2.05) is 25.1 Å². The Hall–Kier alpha value is -3.42. The maximum atomic E-state index is 12.8. The lowest BCUT2D eigenvalue weighted by Gasteiger charge is -2.13. The molecule has 0 unspecified atom stereocenters. The smallest absolute Gasteiger partial charge is 0.416 e. The van der Waals surface area contributed by atoms with Crippen LogP contribution in [0.1, 0.15) is 53.1 Å². The summed E-state index contributed by atoms with van der Waals surface area (Å²) in [4.78, 5) is 19.8. The Bertz CT molecular complexity index is 1160. The largest absolute Gasteiger partial charge is 0.489 e. The molecule has 1 aliphatic carbocycles. The van der Waals surface area contributed by atoms with Crippen LogP contribution in [-0.4, -0.2) is 21.0 Å². The fourth-order valence-electron chi connectivity index (χ4n) is 3.63. The first-order chi connectivity index (χ1) is 15.7. The van der Waals surface area contributed by atoms with E-state index in [4.69, 9.17) is 9.84 Å². The number of carboxylic acid groups (broad SMARTS) is 1. The third-order valence-corrected chi connectivity index (χ3v) is 5.65. The zero-order valence-corrected chi connectivity index (χ0v) is 18.0. The van der Waals surface area contributed by atoms with Gasteiger partial charge < -0.3 is 9.84 Å². The number of aryl methyl sites for hydroxylation is 2. The van der Waals surface area contributed by atoms with Crippen LogP contribution >= 0.6 is 0 Å². The summed E-state index contributed by atoms with van der Waals surface area (Å²) < 4.78 is 44.4. The van der Waals surface area contributed by atoms with E-state index >= 15 is 0 Å². The van der Waals surface area contributed by atoms with Crippen LogP contribution in [0.4, 0.5) is 13.2 Å². The maximum Gasteiger partial charge on any atom is 0.416 e. The standard InChI is InChI=1S/C25H23F3N2O3/c1-15-12-21(10-6-16(15)7-11-22(31)32)33-14-19-13-29-24(30-23(19)17-2-3-17)18-4-8-20(9-5-18)25(26,27)28/h4-6,8-10,12-13,17H,2-3,7,11,14H2,1H3,(H,31,32). The van der Waals surface area contributed by atoms with Crippen molar-refractivity contribution in [3.63, 3.8) is 0 Å². The molecule has 0 radical (unpaired) electrons. The lowest BCUT2D eigenvalue weighted by molar-refractivity contribution is -0.138. The minimum absolute atomic E-state index is 0.0778. The van der Waals surface area contributed by atoms with Gasteiger partial charge in [-0.05, 0) is 61.6 Å². The lowest BCUT2D eigenvalue weighted by atomic mass is 10.0. The minimum Gasteiger partial charge on any atom is -0.489 e. The van der Waals surface area contributed by atoms with Gasteiger partial charge in [-0.15, -0.1) is 0 Å². The van der Waals surface area contributed by atoms with Crippen molar-refractivity contribution in [1.82, 2.24) is 9.97 Å². The number of rotatable bonds is 8. The van der Waals surface area contributed by atoms with Crippen LogP contribution in [0.5, 0.6) is 5.75 Å².